The van der Waals surface area contributed by atoms with Crippen LogP contribution in [0.5, 0.6) is 0 Å². The van der Waals surface area contributed by atoms with Gasteiger partial charge in [0.25, 0.3) is 0 Å². The number of carbonyl (C=O) groups excluding carboxylic acids is 1. The van der Waals surface area contributed by atoms with E-state index in [2.05, 4.69) is 10.5 Å². The summed E-state index contributed by atoms with van der Waals surface area (Å²) in [5, 5.41) is 5.19. The number of furan rings is 1. The van der Waals surface area contributed by atoms with Crippen molar-refractivity contribution in [2.75, 3.05) is 0 Å². The Morgan fingerprint density at radius 2 is 1.92 bits per heavy atom. The number of benzene rings is 2. The average molecular weight is 337 g/mol. The summed E-state index contributed by atoms with van der Waals surface area (Å²) in [7, 11) is 1.93. The molecule has 5 nitrogen and oxygen atoms in total. The zero-order valence-electron chi connectivity index (χ0n) is 13.2. The molecule has 6 heteroatoms. The van der Waals surface area contributed by atoms with Crippen LogP contribution < -0.4 is 10.2 Å². The van der Waals surface area contributed by atoms with Gasteiger partial charge < -0.3 is 8.98 Å². The molecule has 0 atom stereocenters. The summed E-state index contributed by atoms with van der Waals surface area (Å²) in [4.78, 5) is 13.2. The van der Waals surface area contributed by atoms with Crippen molar-refractivity contribution in [3.05, 3.63) is 64.7 Å². The van der Waals surface area contributed by atoms with Crippen LogP contribution in [0.3, 0.4) is 0 Å². The second-order valence-electron chi connectivity index (χ2n) is 5.52. The van der Waals surface area contributed by atoms with Crippen LogP contribution in [0.15, 0.2) is 58.0 Å². The number of hydrogen-bond acceptors (Lipinski definition) is 4. The van der Waals surface area contributed by atoms with E-state index in [0.717, 1.165) is 26.0 Å². The number of rotatable bonds is 2. The van der Waals surface area contributed by atoms with Crippen LogP contribution in [-0.2, 0) is 7.05 Å². The van der Waals surface area contributed by atoms with Gasteiger partial charge in [0.1, 0.15) is 5.58 Å². The summed E-state index contributed by atoms with van der Waals surface area (Å²) in [5.74, 6) is -0.0510. The molecule has 2 aromatic heterocycles. The van der Waals surface area contributed by atoms with Crippen LogP contribution in [0.25, 0.3) is 21.2 Å². The number of thiazole rings is 1. The number of aromatic nitrogens is 1. The van der Waals surface area contributed by atoms with Gasteiger partial charge in [-0.2, -0.15) is 0 Å². The molecule has 0 saturated heterocycles. The van der Waals surface area contributed by atoms with Crippen LogP contribution in [0, 0.1) is 6.92 Å². The molecule has 4 rings (SSSR count). The van der Waals surface area contributed by atoms with Crippen molar-refractivity contribution >= 4 is 38.4 Å². The molecule has 0 saturated carbocycles. The molecule has 0 bridgehead atoms. The second-order valence-corrected chi connectivity index (χ2v) is 6.53. The van der Waals surface area contributed by atoms with E-state index in [1.165, 1.54) is 11.3 Å². The van der Waals surface area contributed by atoms with E-state index in [4.69, 9.17) is 4.42 Å². The zero-order valence-corrected chi connectivity index (χ0v) is 14.1. The smallest absolute Gasteiger partial charge is 0.307 e. The quantitative estimate of drug-likeness (QED) is 0.569. The van der Waals surface area contributed by atoms with Gasteiger partial charge >= 0.3 is 5.91 Å². The molecule has 120 valence electrons. The Labute approximate surface area is 141 Å². The van der Waals surface area contributed by atoms with E-state index < -0.39 is 0 Å². The Bertz CT molecular complexity index is 1130. The molecular formula is C18H15N3O2S. The fourth-order valence-corrected chi connectivity index (χ4v) is 3.71. The van der Waals surface area contributed by atoms with E-state index in [9.17, 15) is 4.79 Å². The summed E-state index contributed by atoms with van der Waals surface area (Å²) in [6, 6.07) is 15.6. The van der Waals surface area contributed by atoms with E-state index in [1.807, 2.05) is 67.1 Å². The third-order valence-electron chi connectivity index (χ3n) is 4.02. The van der Waals surface area contributed by atoms with Gasteiger partial charge in [0.15, 0.2) is 5.76 Å². The molecule has 0 aliphatic carbocycles. The van der Waals surface area contributed by atoms with E-state index in [-0.39, 0.29) is 5.91 Å². The largest absolute Gasteiger partial charge is 0.451 e. The number of hydrogen-bond donors (Lipinski definition) is 1. The highest BCUT2D eigenvalue weighted by molar-refractivity contribution is 7.16. The van der Waals surface area contributed by atoms with Crippen molar-refractivity contribution < 1.29 is 9.21 Å². The Morgan fingerprint density at radius 1 is 1.17 bits per heavy atom. The van der Waals surface area contributed by atoms with Gasteiger partial charge in [-0.1, -0.05) is 41.7 Å². The fraction of sp³-hybridized carbons (Fsp3) is 0.111. The third-order valence-corrected chi connectivity index (χ3v) is 5.13. The fourth-order valence-electron chi connectivity index (χ4n) is 2.73. The van der Waals surface area contributed by atoms with Crippen LogP contribution in [0.4, 0.5) is 0 Å². The third kappa shape index (κ3) is 2.32. The maximum Gasteiger partial charge on any atom is 0.307 e. The standard InChI is InChI=1S/C18H15N3O2S/c1-11-12-7-3-5-9-14(12)23-16(11)17(22)19-20-18-21(2)13-8-4-6-10-15(13)24-18/h3-10H,1-2H3,(H,19,22)/b20-18-. The normalized spacial score (nSPS) is 12.2. The van der Waals surface area contributed by atoms with Crippen molar-refractivity contribution in [2.24, 2.45) is 12.1 Å². The van der Waals surface area contributed by atoms with E-state index in [0.29, 0.717) is 11.3 Å². The number of amides is 1. The van der Waals surface area contributed by atoms with Gasteiger partial charge in [-0.25, -0.2) is 5.43 Å². The summed E-state index contributed by atoms with van der Waals surface area (Å²) in [6.45, 7) is 1.88. The lowest BCUT2D eigenvalue weighted by molar-refractivity contribution is 0.0926. The Balaban J connectivity index is 1.70. The predicted molar refractivity (Wildman–Crippen MR) is 94.8 cm³/mol. The minimum absolute atomic E-state index is 0.295. The Kier molecular flexibility index (Phi) is 3.46. The highest BCUT2D eigenvalue weighted by Crippen LogP contribution is 2.24. The number of aryl methyl sites for hydroxylation is 2. The van der Waals surface area contributed by atoms with Crippen LogP contribution in [-0.4, -0.2) is 10.5 Å². The number of para-hydroxylation sites is 2. The number of carbonyl (C=O) groups is 1. The molecule has 1 N–H and O–H groups in total. The molecule has 24 heavy (non-hydrogen) atoms. The van der Waals surface area contributed by atoms with Gasteiger partial charge in [-0.15, -0.1) is 5.10 Å². The summed E-state index contributed by atoms with van der Waals surface area (Å²) in [5.41, 5.74) is 5.20. The molecule has 0 radical (unpaired) electrons. The first-order valence-corrected chi connectivity index (χ1v) is 8.33. The highest BCUT2D eigenvalue weighted by atomic mass is 32.1. The average Bonchev–Trinajstić information content (AvgIpc) is 3.11. The summed E-state index contributed by atoms with van der Waals surface area (Å²) >= 11 is 1.52. The maximum absolute atomic E-state index is 12.4. The molecule has 2 heterocycles. The predicted octanol–water partition coefficient (Wildman–Crippen LogP) is 3.54. The van der Waals surface area contributed by atoms with Crippen LogP contribution >= 0.6 is 11.3 Å². The van der Waals surface area contributed by atoms with Crippen LogP contribution in [0.2, 0.25) is 0 Å². The number of nitrogens with zero attached hydrogens (tertiary/aromatic N) is 2. The van der Waals surface area contributed by atoms with E-state index in [1.54, 1.807) is 0 Å². The van der Waals surface area contributed by atoms with Gasteiger partial charge in [0.05, 0.1) is 10.2 Å². The first kappa shape index (κ1) is 14.7. The lowest BCUT2D eigenvalue weighted by Crippen LogP contribution is -2.23. The van der Waals surface area contributed by atoms with Gasteiger partial charge in [0, 0.05) is 18.0 Å². The SMILES string of the molecule is Cc1c(C(=O)N/N=c2\sc3ccccc3n2C)oc2ccccc12. The lowest BCUT2D eigenvalue weighted by atomic mass is 10.1. The van der Waals surface area contributed by atoms with Gasteiger partial charge in [-0.05, 0) is 25.1 Å². The van der Waals surface area contributed by atoms with E-state index >= 15 is 0 Å². The van der Waals surface area contributed by atoms with Gasteiger partial charge in [-0.3, -0.25) is 4.79 Å². The van der Waals surface area contributed by atoms with Crippen LogP contribution in [0.1, 0.15) is 16.1 Å². The highest BCUT2D eigenvalue weighted by Gasteiger charge is 2.17. The minimum Gasteiger partial charge on any atom is -0.451 e. The molecule has 0 unspecified atom stereocenters. The molecule has 4 aromatic rings. The van der Waals surface area contributed by atoms with Crippen molar-refractivity contribution in [3.63, 3.8) is 0 Å². The lowest BCUT2D eigenvalue weighted by Gasteiger charge is -1.97. The molecule has 0 fully saturated rings. The number of nitrogens with one attached hydrogen (secondary N) is 1. The Hall–Kier alpha value is -2.86. The molecular weight excluding hydrogens is 322 g/mol. The second kappa shape index (κ2) is 5.65. The zero-order chi connectivity index (χ0) is 16.7. The Morgan fingerprint density at radius 3 is 2.71 bits per heavy atom. The van der Waals surface area contributed by atoms with Crippen molar-refractivity contribution in [1.82, 2.24) is 9.99 Å². The summed E-state index contributed by atoms with van der Waals surface area (Å²) < 4.78 is 8.73. The molecule has 0 aliphatic rings. The van der Waals surface area contributed by atoms with Gasteiger partial charge in [0.2, 0.25) is 4.80 Å². The molecule has 2 aromatic carbocycles. The van der Waals surface area contributed by atoms with Crippen molar-refractivity contribution in [3.8, 4) is 0 Å². The first-order valence-electron chi connectivity index (χ1n) is 7.52. The summed E-state index contributed by atoms with van der Waals surface area (Å²) in [6.07, 6.45) is 0. The molecule has 0 spiro atoms. The van der Waals surface area contributed by atoms with Crippen molar-refractivity contribution in [1.29, 1.82) is 0 Å². The first-order chi connectivity index (χ1) is 11.6. The number of fused-ring (bicyclic) bond motifs is 2. The minimum atomic E-state index is -0.346. The topological polar surface area (TPSA) is 59.5 Å². The monoisotopic (exact) mass is 337 g/mol. The maximum atomic E-state index is 12.4. The van der Waals surface area contributed by atoms with Crippen molar-refractivity contribution in [2.45, 2.75) is 6.92 Å². The molecule has 1 amide bonds. The molecule has 0 aliphatic heterocycles.